The summed E-state index contributed by atoms with van der Waals surface area (Å²) in [4.78, 5) is 27.3. The maximum absolute atomic E-state index is 13.0. The van der Waals surface area contributed by atoms with Crippen LogP contribution in [0.1, 0.15) is 57.4 Å². The Balaban J connectivity index is 2.02. The van der Waals surface area contributed by atoms with Gasteiger partial charge in [0.15, 0.2) is 11.4 Å². The number of piperidine rings is 1. The Morgan fingerprint density at radius 2 is 1.88 bits per heavy atom. The number of nitrogens with zero attached hydrogens (tertiary/aromatic N) is 2. The monoisotopic (exact) mass is 333 g/mol. The second-order valence-corrected chi connectivity index (χ2v) is 7.44. The topological polar surface area (TPSA) is 63.6 Å². The summed E-state index contributed by atoms with van der Waals surface area (Å²) in [6.07, 6.45) is 4.54. The molecule has 2 aliphatic heterocycles. The molecule has 1 fully saturated rings. The summed E-state index contributed by atoms with van der Waals surface area (Å²) in [5.74, 6) is 0.558. The molecule has 1 saturated heterocycles. The second-order valence-electron chi connectivity index (χ2n) is 7.44. The average Bonchev–Trinajstić information content (AvgIpc) is 2.54. The van der Waals surface area contributed by atoms with E-state index in [0.717, 1.165) is 25.8 Å². The van der Waals surface area contributed by atoms with Gasteiger partial charge in [-0.3, -0.25) is 14.3 Å². The molecule has 1 aromatic rings. The molecule has 3 rings (SSSR count). The molecule has 0 radical (unpaired) electrons. The van der Waals surface area contributed by atoms with Crippen LogP contribution < -0.4 is 15.6 Å². The third kappa shape index (κ3) is 2.89. The number of pyridine rings is 1. The summed E-state index contributed by atoms with van der Waals surface area (Å²) >= 11 is 0. The zero-order valence-electron chi connectivity index (χ0n) is 14.9. The van der Waals surface area contributed by atoms with E-state index < -0.39 is 0 Å². The molecule has 6 heteroatoms. The largest absolute Gasteiger partial charge is 0.484 e. The zero-order chi connectivity index (χ0) is 17.4. The molecule has 0 aromatic carbocycles. The molecule has 24 heavy (non-hydrogen) atoms. The quantitative estimate of drug-likeness (QED) is 0.919. The summed E-state index contributed by atoms with van der Waals surface area (Å²) in [5.41, 5.74) is 3.42. The van der Waals surface area contributed by atoms with E-state index in [1.54, 1.807) is 10.9 Å². The van der Waals surface area contributed by atoms with Gasteiger partial charge in [0.05, 0.1) is 0 Å². The lowest BCUT2D eigenvalue weighted by Gasteiger charge is -2.42. The first kappa shape index (κ1) is 16.9. The van der Waals surface area contributed by atoms with Gasteiger partial charge in [0.1, 0.15) is 12.3 Å². The van der Waals surface area contributed by atoms with Crippen LogP contribution in [0.5, 0.6) is 5.75 Å². The third-order valence-corrected chi connectivity index (χ3v) is 4.88. The van der Waals surface area contributed by atoms with Gasteiger partial charge in [-0.2, -0.15) is 0 Å². The lowest BCUT2D eigenvalue weighted by Crippen LogP contribution is -2.56. The highest BCUT2D eigenvalue weighted by atomic mass is 16.5. The molecular formula is C18H27N3O3. The van der Waals surface area contributed by atoms with Crippen molar-refractivity contribution < 1.29 is 9.53 Å². The van der Waals surface area contributed by atoms with Crippen molar-refractivity contribution in [1.29, 1.82) is 0 Å². The first-order valence-corrected chi connectivity index (χ1v) is 8.90. The Hall–Kier alpha value is -1.98. The van der Waals surface area contributed by atoms with E-state index in [1.807, 2.05) is 4.90 Å². The van der Waals surface area contributed by atoms with Gasteiger partial charge < -0.3 is 15.1 Å². The van der Waals surface area contributed by atoms with Crippen LogP contribution in [0.25, 0.3) is 0 Å². The van der Waals surface area contributed by atoms with E-state index in [-0.39, 0.29) is 41.2 Å². The highest BCUT2D eigenvalue weighted by Gasteiger charge is 2.37. The Bertz CT molecular complexity index is 673. The van der Waals surface area contributed by atoms with Crippen LogP contribution >= 0.6 is 0 Å². The van der Waals surface area contributed by atoms with E-state index >= 15 is 0 Å². The zero-order valence-corrected chi connectivity index (χ0v) is 14.9. The molecule has 1 N–H and O–H groups in total. The number of ether oxygens (including phenoxy) is 1. The van der Waals surface area contributed by atoms with Crippen molar-refractivity contribution in [3.63, 3.8) is 0 Å². The molecule has 6 nitrogen and oxygen atoms in total. The number of hydrogen-bond acceptors (Lipinski definition) is 4. The first-order valence-electron chi connectivity index (χ1n) is 8.90. The smallest absolute Gasteiger partial charge is 0.278 e. The van der Waals surface area contributed by atoms with Crippen LogP contribution in [-0.4, -0.2) is 34.3 Å². The minimum atomic E-state index is -0.238. The van der Waals surface area contributed by atoms with Crippen molar-refractivity contribution in [2.45, 2.75) is 59.2 Å². The van der Waals surface area contributed by atoms with Crippen LogP contribution in [0.3, 0.4) is 0 Å². The highest BCUT2D eigenvalue weighted by molar-refractivity contribution is 5.96. The standard InChI is InChI=1S/C18H27N3O3/c1-11(2)16(12(3)4)24-17-13(22)8-10-21-15(17)18(23)20-9-6-5-7-14(20)19-21/h8,10-12,14,16,19H,5-7,9H2,1-4H3/t14-/m0/s1. The predicted molar refractivity (Wildman–Crippen MR) is 92.8 cm³/mol. The number of fused-ring (bicyclic) bond motifs is 2. The molecule has 0 aliphatic carbocycles. The fourth-order valence-electron chi connectivity index (χ4n) is 3.72. The second kappa shape index (κ2) is 6.49. The molecule has 0 saturated carbocycles. The van der Waals surface area contributed by atoms with E-state index in [1.165, 1.54) is 6.07 Å². The van der Waals surface area contributed by atoms with Crippen molar-refractivity contribution >= 4 is 5.91 Å². The van der Waals surface area contributed by atoms with E-state index in [0.29, 0.717) is 5.69 Å². The summed E-state index contributed by atoms with van der Waals surface area (Å²) in [7, 11) is 0. The van der Waals surface area contributed by atoms with Gasteiger partial charge >= 0.3 is 0 Å². The Morgan fingerprint density at radius 3 is 2.54 bits per heavy atom. The minimum Gasteiger partial charge on any atom is -0.484 e. The highest BCUT2D eigenvalue weighted by Crippen LogP contribution is 2.28. The van der Waals surface area contributed by atoms with E-state index in [4.69, 9.17) is 4.74 Å². The van der Waals surface area contributed by atoms with E-state index in [9.17, 15) is 9.59 Å². The lowest BCUT2D eigenvalue weighted by molar-refractivity contribution is 0.0544. The number of carbonyl (C=O) groups excluding carboxylic acids is 1. The third-order valence-electron chi connectivity index (χ3n) is 4.88. The van der Waals surface area contributed by atoms with Crippen molar-refractivity contribution in [2.75, 3.05) is 12.0 Å². The van der Waals surface area contributed by atoms with Gasteiger partial charge in [-0.05, 0) is 31.1 Å². The number of amides is 1. The maximum Gasteiger partial charge on any atom is 0.278 e. The van der Waals surface area contributed by atoms with Crippen LogP contribution in [0.15, 0.2) is 17.1 Å². The van der Waals surface area contributed by atoms with Crippen molar-refractivity contribution in [2.24, 2.45) is 11.8 Å². The lowest BCUT2D eigenvalue weighted by atomic mass is 9.96. The Kier molecular flexibility index (Phi) is 4.56. The molecule has 0 bridgehead atoms. The average molecular weight is 333 g/mol. The summed E-state index contributed by atoms with van der Waals surface area (Å²) in [6.45, 7) is 8.99. The van der Waals surface area contributed by atoms with Crippen LogP contribution in [0, 0.1) is 11.8 Å². The van der Waals surface area contributed by atoms with Crippen LogP contribution in [0.4, 0.5) is 0 Å². The molecule has 132 valence electrons. The number of rotatable bonds is 4. The van der Waals surface area contributed by atoms with Gasteiger partial charge in [0, 0.05) is 18.8 Å². The summed E-state index contributed by atoms with van der Waals surface area (Å²) < 4.78 is 7.77. The van der Waals surface area contributed by atoms with Crippen LogP contribution in [0.2, 0.25) is 0 Å². The van der Waals surface area contributed by atoms with E-state index in [2.05, 4.69) is 33.1 Å². The molecule has 2 aliphatic rings. The minimum absolute atomic E-state index is 0.0000893. The molecule has 1 amide bonds. The van der Waals surface area contributed by atoms with Gasteiger partial charge in [0.25, 0.3) is 5.91 Å². The van der Waals surface area contributed by atoms with Crippen molar-refractivity contribution in [3.8, 4) is 5.75 Å². The maximum atomic E-state index is 13.0. The normalized spacial score (nSPS) is 20.2. The van der Waals surface area contributed by atoms with Gasteiger partial charge in [-0.1, -0.05) is 27.7 Å². The number of nitrogens with one attached hydrogen (secondary N) is 1. The Morgan fingerprint density at radius 1 is 1.17 bits per heavy atom. The van der Waals surface area contributed by atoms with Gasteiger partial charge in [0.2, 0.25) is 5.43 Å². The van der Waals surface area contributed by atoms with Crippen molar-refractivity contribution in [1.82, 2.24) is 9.58 Å². The number of hydrogen-bond donors (Lipinski definition) is 1. The Labute approximate surface area is 142 Å². The molecule has 3 heterocycles. The number of aromatic nitrogens is 1. The predicted octanol–water partition coefficient (Wildman–Crippen LogP) is 2.42. The van der Waals surface area contributed by atoms with Crippen LogP contribution in [-0.2, 0) is 0 Å². The first-order chi connectivity index (χ1) is 11.4. The molecular weight excluding hydrogens is 306 g/mol. The summed E-state index contributed by atoms with van der Waals surface area (Å²) in [6, 6.07) is 1.47. The van der Waals surface area contributed by atoms with Gasteiger partial charge in [-0.15, -0.1) is 0 Å². The fourth-order valence-corrected chi connectivity index (χ4v) is 3.72. The fraction of sp³-hybridized carbons (Fsp3) is 0.667. The SMILES string of the molecule is CC(C)C(Oc1c2n(ccc1=O)N[C@@H]1CCCCN1C2=O)C(C)C. The van der Waals surface area contributed by atoms with Crippen molar-refractivity contribution in [3.05, 3.63) is 28.2 Å². The molecule has 1 aromatic heterocycles. The number of carbonyl (C=O) groups is 1. The molecule has 0 unspecified atom stereocenters. The molecule has 0 spiro atoms. The summed E-state index contributed by atoms with van der Waals surface area (Å²) in [5, 5.41) is 0. The van der Waals surface area contributed by atoms with Gasteiger partial charge in [-0.25, -0.2) is 0 Å². The molecule has 1 atom stereocenters.